The first kappa shape index (κ1) is 34.1. The van der Waals surface area contributed by atoms with Gasteiger partial charge in [-0.1, -0.05) is 42.0 Å². The molecular formula is C32H32O10S2. The largest absolute Gasteiger partial charge is 0.497 e. The monoisotopic (exact) mass is 640 g/mol. The fourth-order valence-electron chi connectivity index (χ4n) is 3.98. The van der Waals surface area contributed by atoms with Gasteiger partial charge in [0.2, 0.25) is 0 Å². The van der Waals surface area contributed by atoms with Crippen LogP contribution in [0.4, 0.5) is 0 Å². The van der Waals surface area contributed by atoms with Gasteiger partial charge >= 0.3 is 0 Å². The molecule has 4 aromatic rings. The van der Waals surface area contributed by atoms with E-state index in [-0.39, 0.29) is 32.5 Å². The van der Waals surface area contributed by atoms with Crippen LogP contribution in [0.25, 0.3) is 0 Å². The standard InChI is InChI=1S/C17H18O8S2.C15H14O2/c1-11-5-6-12(9-15(11)26(19,20)24-3)17(18)13-7-8-14(23-2)16(10-13)27(21,22)25-4;1-11-3-5-12(6-4-11)15(16)13-7-9-14(17-2)10-8-13/h5-10H,1-4H3;3-10H,1-2H3. The average Bonchev–Trinajstić information content (AvgIpc) is 3.04. The van der Waals surface area contributed by atoms with Crippen molar-refractivity contribution in [2.45, 2.75) is 23.6 Å². The molecule has 0 fully saturated rings. The van der Waals surface area contributed by atoms with Crippen LogP contribution in [0.5, 0.6) is 11.5 Å². The first-order valence-corrected chi connectivity index (χ1v) is 15.8. The highest BCUT2D eigenvalue weighted by molar-refractivity contribution is 7.87. The van der Waals surface area contributed by atoms with Gasteiger partial charge < -0.3 is 9.47 Å². The van der Waals surface area contributed by atoms with Crippen molar-refractivity contribution in [3.05, 3.63) is 118 Å². The van der Waals surface area contributed by atoms with E-state index in [1.54, 1.807) is 38.3 Å². The molecule has 0 aromatic heterocycles. The van der Waals surface area contributed by atoms with Crippen molar-refractivity contribution in [1.82, 2.24) is 0 Å². The predicted octanol–water partition coefficient (Wildman–Crippen LogP) is 5.14. The third-order valence-electron chi connectivity index (χ3n) is 6.52. The van der Waals surface area contributed by atoms with Gasteiger partial charge in [0.05, 0.1) is 33.3 Å². The van der Waals surface area contributed by atoms with Crippen LogP contribution in [0.3, 0.4) is 0 Å². The van der Waals surface area contributed by atoms with Crippen LogP contribution in [0, 0.1) is 13.8 Å². The van der Waals surface area contributed by atoms with Crippen LogP contribution in [0.2, 0.25) is 0 Å². The molecule has 0 saturated heterocycles. The normalized spacial score (nSPS) is 11.2. The Morgan fingerprint density at radius 1 is 0.523 bits per heavy atom. The van der Waals surface area contributed by atoms with E-state index in [4.69, 9.17) is 9.47 Å². The molecule has 0 aliphatic rings. The minimum Gasteiger partial charge on any atom is -0.497 e. The maximum absolute atomic E-state index is 12.8. The number of rotatable bonds is 10. The second-order valence-corrected chi connectivity index (χ2v) is 12.7. The summed E-state index contributed by atoms with van der Waals surface area (Å²) in [5, 5.41) is 0. The maximum Gasteiger partial charge on any atom is 0.300 e. The van der Waals surface area contributed by atoms with Gasteiger partial charge in [-0.3, -0.25) is 18.0 Å². The smallest absolute Gasteiger partial charge is 0.300 e. The summed E-state index contributed by atoms with van der Waals surface area (Å²) in [6.07, 6.45) is 0. The van der Waals surface area contributed by atoms with Crippen LogP contribution in [-0.4, -0.2) is 56.8 Å². The first-order chi connectivity index (χ1) is 20.8. The zero-order chi connectivity index (χ0) is 32.7. The summed E-state index contributed by atoms with van der Waals surface area (Å²) < 4.78 is 67.1. The van der Waals surface area contributed by atoms with Crippen molar-refractivity contribution in [2.75, 3.05) is 28.4 Å². The third-order valence-corrected chi connectivity index (χ3v) is 9.23. The Kier molecular flexibility index (Phi) is 11.2. The van der Waals surface area contributed by atoms with E-state index in [2.05, 4.69) is 8.37 Å². The van der Waals surface area contributed by atoms with Crippen LogP contribution >= 0.6 is 0 Å². The van der Waals surface area contributed by atoms with E-state index in [1.165, 1.54) is 37.4 Å². The fourth-order valence-corrected chi connectivity index (χ4v) is 5.75. The van der Waals surface area contributed by atoms with Crippen molar-refractivity contribution < 1.29 is 44.3 Å². The highest BCUT2D eigenvalue weighted by atomic mass is 32.2. The van der Waals surface area contributed by atoms with E-state index >= 15 is 0 Å². The summed E-state index contributed by atoms with van der Waals surface area (Å²) >= 11 is 0. The number of ether oxygens (including phenoxy) is 2. The van der Waals surface area contributed by atoms with Gasteiger partial charge in [-0.2, -0.15) is 16.8 Å². The lowest BCUT2D eigenvalue weighted by molar-refractivity contribution is 0.103. The molecule has 10 nitrogen and oxygen atoms in total. The highest BCUT2D eigenvalue weighted by Crippen LogP contribution is 2.28. The minimum atomic E-state index is -4.11. The summed E-state index contributed by atoms with van der Waals surface area (Å²) in [4.78, 5) is 24.4. The van der Waals surface area contributed by atoms with E-state index in [0.717, 1.165) is 31.6 Å². The lowest BCUT2D eigenvalue weighted by Crippen LogP contribution is -2.10. The maximum atomic E-state index is 12.8. The first-order valence-electron chi connectivity index (χ1n) is 13.0. The molecule has 12 heteroatoms. The Morgan fingerprint density at radius 2 is 0.955 bits per heavy atom. The topological polar surface area (TPSA) is 139 Å². The van der Waals surface area contributed by atoms with Gasteiger partial charge in [0, 0.05) is 22.3 Å². The summed E-state index contributed by atoms with van der Waals surface area (Å²) in [7, 11) is -3.21. The van der Waals surface area contributed by atoms with Gasteiger partial charge in [0.25, 0.3) is 20.2 Å². The van der Waals surface area contributed by atoms with E-state index in [9.17, 15) is 26.4 Å². The van der Waals surface area contributed by atoms with Crippen LogP contribution in [0.1, 0.15) is 43.0 Å². The Labute approximate surface area is 257 Å². The number of methoxy groups -OCH3 is 2. The third kappa shape index (κ3) is 7.97. The number of carbonyl (C=O) groups excluding carboxylic acids is 2. The quantitative estimate of drug-likeness (QED) is 0.169. The molecule has 0 amide bonds. The van der Waals surface area contributed by atoms with Crippen molar-refractivity contribution in [2.24, 2.45) is 0 Å². The summed E-state index contributed by atoms with van der Waals surface area (Å²) in [6.45, 7) is 3.57. The Bertz CT molecular complexity index is 1860. The molecule has 0 N–H and O–H groups in total. The molecule has 0 aliphatic carbocycles. The molecule has 232 valence electrons. The molecular weight excluding hydrogens is 608 g/mol. The average molecular weight is 641 g/mol. The predicted molar refractivity (Wildman–Crippen MR) is 164 cm³/mol. The van der Waals surface area contributed by atoms with E-state index < -0.39 is 26.0 Å². The Morgan fingerprint density at radius 3 is 1.45 bits per heavy atom. The zero-order valence-corrected chi connectivity index (χ0v) is 26.6. The summed E-state index contributed by atoms with van der Waals surface area (Å²) in [5.74, 6) is 0.232. The number of aryl methyl sites for hydroxylation is 2. The van der Waals surface area contributed by atoms with E-state index in [0.29, 0.717) is 16.7 Å². The van der Waals surface area contributed by atoms with Crippen molar-refractivity contribution >= 4 is 31.8 Å². The van der Waals surface area contributed by atoms with Crippen LogP contribution < -0.4 is 9.47 Å². The molecule has 4 rings (SSSR count). The Hall–Kier alpha value is -4.36. The molecule has 0 heterocycles. The Balaban J connectivity index is 0.000000266. The van der Waals surface area contributed by atoms with Gasteiger partial charge in [-0.05, 0) is 67.9 Å². The molecule has 0 spiro atoms. The number of carbonyl (C=O) groups is 2. The van der Waals surface area contributed by atoms with Crippen LogP contribution in [0.15, 0.2) is 94.7 Å². The van der Waals surface area contributed by atoms with Crippen LogP contribution in [-0.2, 0) is 28.6 Å². The number of hydrogen-bond acceptors (Lipinski definition) is 10. The van der Waals surface area contributed by atoms with Crippen molar-refractivity contribution in [3.63, 3.8) is 0 Å². The molecule has 44 heavy (non-hydrogen) atoms. The second kappa shape index (κ2) is 14.4. The molecule has 0 atom stereocenters. The second-order valence-electron chi connectivity index (χ2n) is 9.34. The van der Waals surface area contributed by atoms with Gasteiger partial charge in [-0.25, -0.2) is 0 Å². The lowest BCUT2D eigenvalue weighted by atomic mass is 10.0. The van der Waals surface area contributed by atoms with Gasteiger partial charge in [0.15, 0.2) is 11.6 Å². The van der Waals surface area contributed by atoms with Gasteiger partial charge in [-0.15, -0.1) is 0 Å². The van der Waals surface area contributed by atoms with Crippen molar-refractivity contribution in [3.8, 4) is 11.5 Å². The molecule has 4 aromatic carbocycles. The summed E-state index contributed by atoms with van der Waals surface area (Å²) in [5.41, 5.74) is 3.02. The number of benzene rings is 4. The number of hydrogen-bond donors (Lipinski definition) is 0. The highest BCUT2D eigenvalue weighted by Gasteiger charge is 2.23. The fraction of sp³-hybridized carbons (Fsp3) is 0.188. The van der Waals surface area contributed by atoms with E-state index in [1.807, 2.05) is 31.2 Å². The van der Waals surface area contributed by atoms with Crippen molar-refractivity contribution in [1.29, 1.82) is 0 Å². The lowest BCUT2D eigenvalue weighted by Gasteiger charge is -2.11. The minimum absolute atomic E-state index is 0.0138. The molecule has 0 bridgehead atoms. The molecule has 0 saturated carbocycles. The SMILES string of the molecule is COc1ccc(C(=O)c2ccc(C)c(S(=O)(=O)OC)c2)cc1S(=O)(=O)OC.COc1ccc(C(=O)c2ccc(C)cc2)cc1. The zero-order valence-electron chi connectivity index (χ0n) is 25.0. The molecule has 0 radical (unpaired) electrons. The summed E-state index contributed by atoms with van der Waals surface area (Å²) in [6, 6.07) is 22.6. The molecule has 0 unspecified atom stereocenters. The number of ketones is 2. The molecule has 0 aliphatic heterocycles. The van der Waals surface area contributed by atoms with Gasteiger partial charge in [0.1, 0.15) is 16.4 Å².